The number of hydrogen-bond donors (Lipinski definition) is 2. The van der Waals surface area contributed by atoms with Crippen LogP contribution in [-0.2, 0) is 19.1 Å². The van der Waals surface area contributed by atoms with E-state index in [4.69, 9.17) is 9.84 Å². The third kappa shape index (κ3) is 8.00. The molecule has 0 aliphatic heterocycles. The fraction of sp³-hybridized carbons (Fsp3) is 0.471. The van der Waals surface area contributed by atoms with E-state index < -0.39 is 29.5 Å². The molecule has 1 aromatic carbocycles. The number of carboxylic acids is 1. The Bertz CT molecular complexity index is 586. The minimum absolute atomic E-state index is 0. The van der Waals surface area contributed by atoms with E-state index in [1.54, 1.807) is 51.1 Å². The number of carboxylic acid groups (broad SMARTS) is 1. The Morgan fingerprint density at radius 2 is 1.76 bits per heavy atom. The molecule has 1 aromatic rings. The topological polar surface area (TPSA) is 95.9 Å². The average Bonchev–Trinajstić information content (AvgIpc) is 2.48. The Balaban J connectivity index is 0.00000576. The summed E-state index contributed by atoms with van der Waals surface area (Å²) in [5, 5.41) is 11.6. The van der Waals surface area contributed by atoms with E-state index in [1.807, 2.05) is 0 Å². The monoisotopic (exact) mass is 372 g/mol. The van der Waals surface area contributed by atoms with Crippen LogP contribution in [0.25, 0.3) is 0 Å². The van der Waals surface area contributed by atoms with Gasteiger partial charge >= 0.3 is 11.9 Å². The number of nitrogens with one attached hydrogen (secondary N) is 1. The van der Waals surface area contributed by atoms with E-state index >= 15 is 0 Å². The van der Waals surface area contributed by atoms with Gasteiger partial charge < -0.3 is 15.2 Å². The van der Waals surface area contributed by atoms with Gasteiger partial charge in [0.2, 0.25) is 5.91 Å². The molecule has 0 heterocycles. The second-order valence-electron chi connectivity index (χ2n) is 6.29. The summed E-state index contributed by atoms with van der Waals surface area (Å²) in [6.07, 6.45) is -0.382. The number of nitrogens with zero attached hydrogens (tertiary/aromatic N) is 1. The van der Waals surface area contributed by atoms with Crippen LogP contribution in [0.15, 0.2) is 30.3 Å². The number of ether oxygens (including phenoxy) is 1. The molecule has 0 bridgehead atoms. The number of carbonyl (C=O) groups is 3. The second kappa shape index (κ2) is 10.0. The second-order valence-corrected chi connectivity index (χ2v) is 6.29. The first kappa shape index (κ1) is 22.9. The first-order valence-electron chi connectivity index (χ1n) is 7.61. The van der Waals surface area contributed by atoms with E-state index in [-0.39, 0.29) is 25.4 Å². The number of carbonyl (C=O) groups excluding carboxylic acids is 2. The quantitative estimate of drug-likeness (QED) is 0.709. The largest absolute Gasteiger partial charge is 0.481 e. The molecule has 0 unspecified atom stereocenters. The minimum Gasteiger partial charge on any atom is -0.481 e. The maximum atomic E-state index is 12.7. The fourth-order valence-electron chi connectivity index (χ4n) is 2.08. The summed E-state index contributed by atoms with van der Waals surface area (Å²) in [7, 11) is 1.50. The molecule has 0 spiro atoms. The van der Waals surface area contributed by atoms with Crippen molar-refractivity contribution in [1.29, 1.82) is 0 Å². The van der Waals surface area contributed by atoms with E-state index in [0.717, 1.165) is 0 Å². The van der Waals surface area contributed by atoms with Crippen molar-refractivity contribution >= 4 is 35.9 Å². The predicted octanol–water partition coefficient (Wildman–Crippen LogP) is 1.85. The molecular formula is C17H25ClN2O5. The molecule has 0 aliphatic rings. The molecule has 1 amide bonds. The third-order valence-corrected chi connectivity index (χ3v) is 3.07. The molecule has 2 N–H and O–H groups in total. The Morgan fingerprint density at radius 1 is 1.20 bits per heavy atom. The van der Waals surface area contributed by atoms with Gasteiger partial charge in [0.15, 0.2) is 0 Å². The maximum absolute atomic E-state index is 12.7. The summed E-state index contributed by atoms with van der Waals surface area (Å²) in [5.41, 5.74) is -0.176. The Labute approximate surface area is 153 Å². The van der Waals surface area contributed by atoms with Crippen LogP contribution in [-0.4, -0.2) is 48.2 Å². The summed E-state index contributed by atoms with van der Waals surface area (Å²) < 4.78 is 5.26. The molecule has 1 rings (SSSR count). The van der Waals surface area contributed by atoms with Crippen LogP contribution in [0.2, 0.25) is 0 Å². The molecule has 140 valence electrons. The van der Waals surface area contributed by atoms with E-state index in [1.165, 1.54) is 11.9 Å². The van der Waals surface area contributed by atoms with E-state index in [9.17, 15) is 14.4 Å². The number of anilines is 1. The Hall–Kier alpha value is -2.12. The zero-order valence-corrected chi connectivity index (χ0v) is 15.6. The lowest BCUT2D eigenvalue weighted by atomic mass is 10.1. The Kier molecular flexibility index (Phi) is 9.16. The zero-order chi connectivity index (χ0) is 18.3. The van der Waals surface area contributed by atoms with Gasteiger partial charge in [-0.15, -0.1) is 12.4 Å². The lowest BCUT2D eigenvalue weighted by Crippen LogP contribution is -2.49. The van der Waals surface area contributed by atoms with Gasteiger partial charge in [-0.05, 0) is 40.0 Å². The molecule has 1 atom stereocenters. The van der Waals surface area contributed by atoms with Crippen LogP contribution in [0.3, 0.4) is 0 Å². The van der Waals surface area contributed by atoms with Gasteiger partial charge in [-0.2, -0.15) is 0 Å². The van der Waals surface area contributed by atoms with Crippen molar-refractivity contribution < 1.29 is 24.2 Å². The first-order valence-corrected chi connectivity index (χ1v) is 7.61. The van der Waals surface area contributed by atoms with Crippen LogP contribution in [0.5, 0.6) is 0 Å². The average molecular weight is 373 g/mol. The summed E-state index contributed by atoms with van der Waals surface area (Å²) in [5.74, 6) is -2.17. The van der Waals surface area contributed by atoms with E-state index in [2.05, 4.69) is 5.32 Å². The van der Waals surface area contributed by atoms with Crippen LogP contribution < -0.4 is 10.2 Å². The summed E-state index contributed by atoms with van der Waals surface area (Å²) >= 11 is 0. The van der Waals surface area contributed by atoms with Crippen molar-refractivity contribution in [3.63, 3.8) is 0 Å². The molecular weight excluding hydrogens is 348 g/mol. The van der Waals surface area contributed by atoms with Crippen molar-refractivity contribution in [2.75, 3.05) is 18.5 Å². The molecule has 0 radical (unpaired) electrons. The van der Waals surface area contributed by atoms with Gasteiger partial charge in [-0.25, -0.2) is 0 Å². The lowest BCUT2D eigenvalue weighted by Gasteiger charge is -2.28. The number of hydrogen-bond acceptors (Lipinski definition) is 5. The number of para-hydroxylation sites is 1. The molecule has 0 saturated heterocycles. The Morgan fingerprint density at radius 3 is 2.20 bits per heavy atom. The van der Waals surface area contributed by atoms with Gasteiger partial charge in [0.25, 0.3) is 0 Å². The van der Waals surface area contributed by atoms with E-state index in [0.29, 0.717) is 5.69 Å². The molecule has 0 fully saturated rings. The van der Waals surface area contributed by atoms with Crippen LogP contribution in [0.1, 0.15) is 27.2 Å². The smallest absolute Gasteiger partial charge is 0.326 e. The molecule has 25 heavy (non-hydrogen) atoms. The number of rotatable bonds is 7. The maximum Gasteiger partial charge on any atom is 0.326 e. The lowest BCUT2D eigenvalue weighted by molar-refractivity contribution is -0.153. The van der Waals surface area contributed by atoms with Gasteiger partial charge in [-0.3, -0.25) is 19.3 Å². The van der Waals surface area contributed by atoms with Gasteiger partial charge in [0.05, 0.1) is 12.5 Å². The summed E-state index contributed by atoms with van der Waals surface area (Å²) in [6.45, 7) is 4.92. The highest BCUT2D eigenvalue weighted by molar-refractivity contribution is 6.02. The van der Waals surface area contributed by atoms with Crippen molar-refractivity contribution in [2.24, 2.45) is 0 Å². The van der Waals surface area contributed by atoms with Crippen LogP contribution in [0.4, 0.5) is 5.69 Å². The number of amides is 1. The standard InChI is InChI=1S/C17H24N2O5.ClH/c1-17(2,3)24-15(22)11-19(12-8-6-5-7-9-12)16(23)13(18-4)10-14(20)21;/h5-9,13,18H,10-11H2,1-4H3,(H,20,21);1H/t13-;/m0./s1. The first-order chi connectivity index (χ1) is 11.1. The number of likely N-dealkylation sites (N-methyl/N-ethyl adjacent to an activating group) is 1. The summed E-state index contributed by atoms with van der Waals surface area (Å²) in [6, 6.07) is 7.66. The SMILES string of the molecule is CN[C@@H](CC(=O)O)C(=O)N(CC(=O)OC(C)(C)C)c1ccccc1.Cl. The summed E-state index contributed by atoms with van der Waals surface area (Å²) in [4.78, 5) is 37.0. The highest BCUT2D eigenvalue weighted by Crippen LogP contribution is 2.17. The van der Waals surface area contributed by atoms with Gasteiger partial charge in [0.1, 0.15) is 12.1 Å². The fourth-order valence-corrected chi connectivity index (χ4v) is 2.08. The number of aliphatic carboxylic acids is 1. The van der Waals surface area contributed by atoms with Crippen molar-refractivity contribution in [3.8, 4) is 0 Å². The highest BCUT2D eigenvalue weighted by atomic mass is 35.5. The van der Waals surface area contributed by atoms with Gasteiger partial charge in [-0.1, -0.05) is 18.2 Å². The minimum atomic E-state index is -1.10. The normalized spacial score (nSPS) is 11.8. The van der Waals surface area contributed by atoms with Crippen molar-refractivity contribution in [3.05, 3.63) is 30.3 Å². The highest BCUT2D eigenvalue weighted by Gasteiger charge is 2.29. The number of esters is 1. The van der Waals surface area contributed by atoms with Crippen molar-refractivity contribution in [1.82, 2.24) is 5.32 Å². The third-order valence-electron chi connectivity index (χ3n) is 3.07. The zero-order valence-electron chi connectivity index (χ0n) is 14.8. The molecule has 0 aliphatic carbocycles. The molecule has 0 saturated carbocycles. The molecule has 0 aromatic heterocycles. The number of benzene rings is 1. The molecule has 7 nitrogen and oxygen atoms in total. The predicted molar refractivity (Wildman–Crippen MR) is 97.0 cm³/mol. The van der Waals surface area contributed by atoms with Crippen molar-refractivity contribution in [2.45, 2.75) is 38.8 Å². The molecule has 8 heteroatoms. The van der Waals surface area contributed by atoms with Gasteiger partial charge in [0, 0.05) is 5.69 Å². The van der Waals surface area contributed by atoms with Crippen LogP contribution >= 0.6 is 12.4 Å². The van der Waals surface area contributed by atoms with Crippen LogP contribution in [0, 0.1) is 0 Å². The number of halogens is 1.